The number of nitrogens with one attached hydrogen (secondary N) is 1. The lowest BCUT2D eigenvalue weighted by Crippen LogP contribution is -2.45. The highest BCUT2D eigenvalue weighted by molar-refractivity contribution is 5.79. The number of carbonyl (C=O) groups excluding carboxylic acids is 1. The fourth-order valence-corrected chi connectivity index (χ4v) is 4.03. The van der Waals surface area contributed by atoms with Crippen LogP contribution in [0.4, 0.5) is 0 Å². The van der Waals surface area contributed by atoms with E-state index in [1.54, 1.807) is 6.26 Å². The van der Waals surface area contributed by atoms with Crippen LogP contribution in [0.25, 0.3) is 0 Å². The zero-order valence-corrected chi connectivity index (χ0v) is 12.9. The number of likely N-dealkylation sites (tertiary alicyclic amines) is 1. The zero-order chi connectivity index (χ0) is 15.0. The van der Waals surface area contributed by atoms with Crippen LogP contribution < -0.4 is 5.32 Å². The van der Waals surface area contributed by atoms with Gasteiger partial charge in [0.1, 0.15) is 0 Å². The number of hydrogen-bond donors (Lipinski definition) is 1. The van der Waals surface area contributed by atoms with E-state index >= 15 is 0 Å². The fraction of sp³-hybridized carbons (Fsp3) is 0.706. The number of fused-ring (bicyclic) bond motifs is 1. The summed E-state index contributed by atoms with van der Waals surface area (Å²) in [6.45, 7) is 5.31. The van der Waals surface area contributed by atoms with Crippen molar-refractivity contribution in [2.75, 3.05) is 32.8 Å². The standard InChI is InChI=1S/C17H24N2O3/c20-16(14-2-1-3-14)18-10-17-11-19(6-13-4-5-21-8-13)7-15(17)9-22-12-17/h4-5,8,14-15H,1-3,6-7,9-12H2,(H,18,20)/t15-,17+/m1/s1. The number of furan rings is 1. The van der Waals surface area contributed by atoms with Crippen LogP contribution in [0.3, 0.4) is 0 Å². The third-order valence-electron chi connectivity index (χ3n) is 5.67. The van der Waals surface area contributed by atoms with Crippen LogP contribution in [0, 0.1) is 17.3 Å². The average molecular weight is 304 g/mol. The third-order valence-corrected chi connectivity index (χ3v) is 5.67. The quantitative estimate of drug-likeness (QED) is 0.898. The first-order valence-electron chi connectivity index (χ1n) is 8.34. The monoisotopic (exact) mass is 304 g/mol. The maximum Gasteiger partial charge on any atom is 0.223 e. The minimum Gasteiger partial charge on any atom is -0.472 e. The lowest BCUT2D eigenvalue weighted by atomic mass is 9.80. The molecule has 2 saturated heterocycles. The molecule has 1 aromatic rings. The van der Waals surface area contributed by atoms with Crippen molar-refractivity contribution in [1.82, 2.24) is 10.2 Å². The predicted molar refractivity (Wildman–Crippen MR) is 81.1 cm³/mol. The number of ether oxygens (including phenoxy) is 1. The maximum absolute atomic E-state index is 12.1. The van der Waals surface area contributed by atoms with E-state index in [0.717, 1.165) is 52.2 Å². The van der Waals surface area contributed by atoms with E-state index in [2.05, 4.69) is 10.2 Å². The normalized spacial score (nSPS) is 31.9. The van der Waals surface area contributed by atoms with Crippen molar-refractivity contribution in [3.8, 4) is 0 Å². The molecule has 0 spiro atoms. The molecule has 5 heteroatoms. The highest BCUT2D eigenvalue weighted by Crippen LogP contribution is 2.41. The Bertz CT molecular complexity index is 526. The Kier molecular flexibility index (Phi) is 3.70. The fourth-order valence-electron chi connectivity index (χ4n) is 4.03. The highest BCUT2D eigenvalue weighted by Gasteiger charge is 2.50. The molecule has 5 nitrogen and oxygen atoms in total. The van der Waals surface area contributed by atoms with Gasteiger partial charge in [0.15, 0.2) is 0 Å². The van der Waals surface area contributed by atoms with Crippen LogP contribution in [0.1, 0.15) is 24.8 Å². The third kappa shape index (κ3) is 2.57. The first-order chi connectivity index (χ1) is 10.8. The summed E-state index contributed by atoms with van der Waals surface area (Å²) in [4.78, 5) is 14.6. The Morgan fingerprint density at radius 1 is 1.45 bits per heavy atom. The minimum atomic E-state index is 0.100. The van der Waals surface area contributed by atoms with E-state index in [-0.39, 0.29) is 17.2 Å². The minimum absolute atomic E-state index is 0.100. The highest BCUT2D eigenvalue weighted by atomic mass is 16.5. The lowest BCUT2D eigenvalue weighted by molar-refractivity contribution is -0.127. The molecule has 2 atom stereocenters. The van der Waals surface area contributed by atoms with Crippen molar-refractivity contribution in [1.29, 1.82) is 0 Å². The first kappa shape index (κ1) is 14.3. The van der Waals surface area contributed by atoms with E-state index in [0.29, 0.717) is 5.92 Å². The van der Waals surface area contributed by atoms with Gasteiger partial charge in [-0.15, -0.1) is 0 Å². The summed E-state index contributed by atoms with van der Waals surface area (Å²) in [5, 5.41) is 3.20. The molecular weight excluding hydrogens is 280 g/mol. The van der Waals surface area contributed by atoms with E-state index in [1.165, 1.54) is 12.0 Å². The van der Waals surface area contributed by atoms with Gasteiger partial charge in [-0.25, -0.2) is 0 Å². The number of nitrogens with zero attached hydrogens (tertiary/aromatic N) is 1. The van der Waals surface area contributed by atoms with Crippen molar-refractivity contribution >= 4 is 5.91 Å². The predicted octanol–water partition coefficient (Wildman–Crippen LogP) is 1.64. The van der Waals surface area contributed by atoms with Crippen LogP contribution in [-0.4, -0.2) is 43.7 Å². The van der Waals surface area contributed by atoms with Gasteiger partial charge in [0.05, 0.1) is 25.7 Å². The van der Waals surface area contributed by atoms with E-state index < -0.39 is 0 Å². The molecule has 22 heavy (non-hydrogen) atoms. The maximum atomic E-state index is 12.1. The molecule has 1 aromatic heterocycles. The summed E-state index contributed by atoms with van der Waals surface area (Å²) in [6, 6.07) is 2.02. The molecule has 0 aromatic carbocycles. The van der Waals surface area contributed by atoms with Gasteiger partial charge in [-0.1, -0.05) is 6.42 Å². The second kappa shape index (κ2) is 5.70. The van der Waals surface area contributed by atoms with E-state index in [9.17, 15) is 4.79 Å². The van der Waals surface area contributed by atoms with Crippen LogP contribution in [0.2, 0.25) is 0 Å². The summed E-state index contributed by atoms with van der Waals surface area (Å²) >= 11 is 0. The van der Waals surface area contributed by atoms with Crippen molar-refractivity contribution < 1.29 is 13.9 Å². The Labute approximate surface area is 131 Å². The summed E-state index contributed by atoms with van der Waals surface area (Å²) in [5.41, 5.74) is 1.32. The van der Waals surface area contributed by atoms with E-state index in [4.69, 9.17) is 9.15 Å². The van der Waals surface area contributed by atoms with Gasteiger partial charge in [-0.3, -0.25) is 9.69 Å². The van der Waals surface area contributed by atoms with Gasteiger partial charge in [0.2, 0.25) is 5.91 Å². The zero-order valence-electron chi connectivity index (χ0n) is 12.9. The van der Waals surface area contributed by atoms with Gasteiger partial charge in [0.25, 0.3) is 0 Å². The molecule has 3 fully saturated rings. The van der Waals surface area contributed by atoms with Crippen molar-refractivity contribution in [2.24, 2.45) is 17.3 Å². The number of amides is 1. The Morgan fingerprint density at radius 2 is 2.36 bits per heavy atom. The summed E-state index contributed by atoms with van der Waals surface area (Å²) in [6.07, 6.45) is 6.86. The van der Waals surface area contributed by atoms with Gasteiger partial charge < -0.3 is 14.5 Å². The summed E-state index contributed by atoms with van der Waals surface area (Å²) < 4.78 is 10.9. The first-order valence-corrected chi connectivity index (χ1v) is 8.34. The Balaban J connectivity index is 1.37. The molecule has 2 aliphatic heterocycles. The van der Waals surface area contributed by atoms with Gasteiger partial charge >= 0.3 is 0 Å². The summed E-state index contributed by atoms with van der Waals surface area (Å²) in [5.74, 6) is 1.04. The molecule has 1 saturated carbocycles. The summed E-state index contributed by atoms with van der Waals surface area (Å²) in [7, 11) is 0. The SMILES string of the molecule is O=C(NC[C@]12COC[C@H]1CN(Cc1ccoc1)C2)C1CCC1. The topological polar surface area (TPSA) is 54.7 Å². The van der Waals surface area contributed by atoms with Crippen molar-refractivity contribution in [3.05, 3.63) is 24.2 Å². The second-order valence-corrected chi connectivity index (χ2v) is 7.22. The largest absolute Gasteiger partial charge is 0.472 e. The number of hydrogen-bond acceptors (Lipinski definition) is 4. The molecule has 3 aliphatic rings. The Hall–Kier alpha value is -1.33. The Morgan fingerprint density at radius 3 is 3.09 bits per heavy atom. The van der Waals surface area contributed by atoms with Gasteiger partial charge in [-0.2, -0.15) is 0 Å². The molecule has 1 amide bonds. The van der Waals surface area contributed by atoms with Crippen molar-refractivity contribution in [3.63, 3.8) is 0 Å². The van der Waals surface area contributed by atoms with Gasteiger partial charge in [-0.05, 0) is 18.9 Å². The van der Waals surface area contributed by atoms with Gasteiger partial charge in [0, 0.05) is 49.0 Å². The molecular formula is C17H24N2O3. The average Bonchev–Trinajstić information content (AvgIpc) is 3.10. The smallest absolute Gasteiger partial charge is 0.223 e. The van der Waals surface area contributed by atoms with E-state index in [1.807, 2.05) is 12.3 Å². The molecule has 120 valence electrons. The molecule has 1 aliphatic carbocycles. The molecule has 4 rings (SSSR count). The molecule has 1 N–H and O–H groups in total. The molecule has 3 heterocycles. The number of carbonyl (C=O) groups is 1. The molecule has 0 unspecified atom stereocenters. The molecule has 0 radical (unpaired) electrons. The van der Waals surface area contributed by atoms with Crippen molar-refractivity contribution in [2.45, 2.75) is 25.8 Å². The van der Waals surface area contributed by atoms with Crippen LogP contribution in [0.5, 0.6) is 0 Å². The lowest BCUT2D eigenvalue weighted by Gasteiger charge is -2.30. The second-order valence-electron chi connectivity index (χ2n) is 7.22. The van der Waals surface area contributed by atoms with Crippen LogP contribution in [-0.2, 0) is 16.1 Å². The number of rotatable bonds is 5. The molecule has 0 bridgehead atoms. The van der Waals surface area contributed by atoms with Crippen LogP contribution >= 0.6 is 0 Å². The van der Waals surface area contributed by atoms with Crippen LogP contribution in [0.15, 0.2) is 23.0 Å².